The first-order valence-electron chi connectivity index (χ1n) is 5.23. The van der Waals surface area contributed by atoms with Crippen molar-refractivity contribution in [3.8, 4) is 0 Å². The molecule has 0 spiro atoms. The third kappa shape index (κ3) is 2.65. The number of hydrogen-bond acceptors (Lipinski definition) is 3. The van der Waals surface area contributed by atoms with Crippen LogP contribution in [0, 0.1) is 11.6 Å². The standard InChI is InChI=1S/C12H8F2N2O3/c13-8-2-1-6-3-7(4-15-11(6)10(8)14)12(19)16-5-9(17)18/h1-4H,5H2,(H,16,19)(H,17,18). The molecule has 0 unspecified atom stereocenters. The Labute approximate surface area is 105 Å². The number of benzene rings is 1. The lowest BCUT2D eigenvalue weighted by atomic mass is 10.1. The Hall–Kier alpha value is -2.57. The fraction of sp³-hybridized carbons (Fsp3) is 0.0833. The van der Waals surface area contributed by atoms with Gasteiger partial charge in [0.2, 0.25) is 0 Å². The molecule has 0 fully saturated rings. The van der Waals surface area contributed by atoms with E-state index in [4.69, 9.17) is 5.11 Å². The fourth-order valence-electron chi connectivity index (χ4n) is 1.52. The number of amides is 1. The predicted molar refractivity (Wildman–Crippen MR) is 61.6 cm³/mol. The molecular weight excluding hydrogens is 258 g/mol. The van der Waals surface area contributed by atoms with E-state index in [-0.39, 0.29) is 16.5 Å². The van der Waals surface area contributed by atoms with Gasteiger partial charge in [-0.05, 0) is 18.2 Å². The largest absolute Gasteiger partial charge is 0.480 e. The van der Waals surface area contributed by atoms with Crippen LogP contribution in [0.1, 0.15) is 10.4 Å². The third-order valence-corrected chi connectivity index (χ3v) is 2.41. The molecule has 0 aliphatic heterocycles. The van der Waals surface area contributed by atoms with Gasteiger partial charge in [0.25, 0.3) is 5.91 Å². The summed E-state index contributed by atoms with van der Waals surface area (Å²) < 4.78 is 26.3. The number of aliphatic carboxylic acids is 1. The number of fused-ring (bicyclic) bond motifs is 1. The lowest BCUT2D eigenvalue weighted by Gasteiger charge is -2.04. The average molecular weight is 266 g/mol. The molecule has 0 bridgehead atoms. The van der Waals surface area contributed by atoms with Crippen molar-refractivity contribution < 1.29 is 23.5 Å². The van der Waals surface area contributed by atoms with E-state index in [9.17, 15) is 18.4 Å². The molecular formula is C12H8F2N2O3. The first-order chi connectivity index (χ1) is 8.99. The van der Waals surface area contributed by atoms with E-state index in [1.54, 1.807) is 0 Å². The summed E-state index contributed by atoms with van der Waals surface area (Å²) in [4.78, 5) is 25.5. The van der Waals surface area contributed by atoms with Crippen LogP contribution in [0.2, 0.25) is 0 Å². The van der Waals surface area contributed by atoms with Gasteiger partial charge in [0, 0.05) is 11.6 Å². The number of carbonyl (C=O) groups excluding carboxylic acids is 1. The van der Waals surface area contributed by atoms with Crippen LogP contribution in [-0.4, -0.2) is 28.5 Å². The SMILES string of the molecule is O=C(O)CNC(=O)c1cnc2c(F)c(F)ccc2c1. The van der Waals surface area contributed by atoms with Gasteiger partial charge in [-0.3, -0.25) is 14.6 Å². The maximum atomic E-state index is 13.4. The highest BCUT2D eigenvalue weighted by Crippen LogP contribution is 2.19. The van der Waals surface area contributed by atoms with Gasteiger partial charge in [-0.25, -0.2) is 8.78 Å². The van der Waals surface area contributed by atoms with Crippen molar-refractivity contribution in [1.82, 2.24) is 10.3 Å². The second-order valence-electron chi connectivity index (χ2n) is 3.73. The summed E-state index contributed by atoms with van der Waals surface area (Å²) in [6, 6.07) is 3.52. The van der Waals surface area contributed by atoms with Crippen molar-refractivity contribution in [3.63, 3.8) is 0 Å². The van der Waals surface area contributed by atoms with Crippen molar-refractivity contribution in [2.75, 3.05) is 6.54 Å². The Bertz CT molecular complexity index is 673. The normalized spacial score (nSPS) is 10.4. The molecule has 0 atom stereocenters. The number of halogens is 2. The van der Waals surface area contributed by atoms with Crippen molar-refractivity contribution >= 4 is 22.8 Å². The van der Waals surface area contributed by atoms with E-state index in [1.807, 2.05) is 0 Å². The fourth-order valence-corrected chi connectivity index (χ4v) is 1.52. The number of nitrogens with zero attached hydrogens (tertiary/aromatic N) is 1. The summed E-state index contributed by atoms with van der Waals surface area (Å²) in [5, 5.41) is 10.8. The Morgan fingerprint density at radius 3 is 2.74 bits per heavy atom. The second kappa shape index (κ2) is 4.97. The number of nitrogens with one attached hydrogen (secondary N) is 1. The zero-order valence-corrected chi connectivity index (χ0v) is 9.48. The van der Waals surface area contributed by atoms with Gasteiger partial charge < -0.3 is 10.4 Å². The van der Waals surface area contributed by atoms with Gasteiger partial charge in [-0.15, -0.1) is 0 Å². The van der Waals surface area contributed by atoms with Crippen molar-refractivity contribution in [2.45, 2.75) is 0 Å². The third-order valence-electron chi connectivity index (χ3n) is 2.41. The second-order valence-corrected chi connectivity index (χ2v) is 3.73. The van der Waals surface area contributed by atoms with Gasteiger partial charge >= 0.3 is 5.97 Å². The first-order valence-corrected chi connectivity index (χ1v) is 5.23. The zero-order valence-electron chi connectivity index (χ0n) is 9.48. The van der Waals surface area contributed by atoms with E-state index in [0.29, 0.717) is 0 Å². The monoisotopic (exact) mass is 266 g/mol. The van der Waals surface area contributed by atoms with E-state index >= 15 is 0 Å². The summed E-state index contributed by atoms with van der Waals surface area (Å²) in [5.41, 5.74) is -0.116. The van der Waals surface area contributed by atoms with Gasteiger partial charge in [0.1, 0.15) is 12.1 Å². The molecule has 1 amide bonds. The number of pyridine rings is 1. The van der Waals surface area contributed by atoms with Crippen LogP contribution in [0.15, 0.2) is 24.4 Å². The first kappa shape index (κ1) is 12.9. The van der Waals surface area contributed by atoms with Gasteiger partial charge in [0.15, 0.2) is 11.6 Å². The van der Waals surface area contributed by atoms with Crippen LogP contribution in [0.5, 0.6) is 0 Å². The van der Waals surface area contributed by atoms with Crippen LogP contribution < -0.4 is 5.32 Å². The van der Waals surface area contributed by atoms with Gasteiger partial charge in [0.05, 0.1) is 5.56 Å². The Morgan fingerprint density at radius 1 is 1.32 bits per heavy atom. The minimum Gasteiger partial charge on any atom is -0.480 e. The highest BCUT2D eigenvalue weighted by molar-refractivity contribution is 5.98. The number of hydrogen-bond donors (Lipinski definition) is 2. The summed E-state index contributed by atoms with van der Waals surface area (Å²) in [5.74, 6) is -3.95. The molecule has 98 valence electrons. The number of carbonyl (C=O) groups is 2. The van der Waals surface area contributed by atoms with Crippen molar-refractivity contribution in [3.05, 3.63) is 41.6 Å². The minimum atomic E-state index is -1.18. The molecule has 1 heterocycles. The van der Waals surface area contributed by atoms with Crippen molar-refractivity contribution in [1.29, 1.82) is 0 Å². The van der Waals surface area contributed by atoms with E-state index in [2.05, 4.69) is 10.3 Å². The number of carboxylic acid groups (broad SMARTS) is 1. The molecule has 2 aromatic rings. The highest BCUT2D eigenvalue weighted by atomic mass is 19.2. The van der Waals surface area contributed by atoms with E-state index < -0.39 is 30.1 Å². The number of aromatic nitrogens is 1. The minimum absolute atomic E-state index is 0.0692. The van der Waals surface area contributed by atoms with Gasteiger partial charge in [-0.2, -0.15) is 0 Å². The molecule has 0 aliphatic rings. The maximum Gasteiger partial charge on any atom is 0.322 e. The molecule has 19 heavy (non-hydrogen) atoms. The Balaban J connectivity index is 2.34. The summed E-state index contributed by atoms with van der Waals surface area (Å²) in [7, 11) is 0. The quantitative estimate of drug-likeness (QED) is 0.878. The van der Waals surface area contributed by atoms with Gasteiger partial charge in [-0.1, -0.05) is 0 Å². The Kier molecular flexibility index (Phi) is 3.37. The molecule has 0 aliphatic carbocycles. The van der Waals surface area contributed by atoms with Crippen LogP contribution in [0.25, 0.3) is 10.9 Å². The molecule has 2 rings (SSSR count). The molecule has 1 aromatic carbocycles. The highest BCUT2D eigenvalue weighted by Gasteiger charge is 2.12. The maximum absolute atomic E-state index is 13.4. The molecule has 0 saturated carbocycles. The molecule has 1 aromatic heterocycles. The van der Waals surface area contributed by atoms with Crippen LogP contribution in [0.3, 0.4) is 0 Å². The zero-order chi connectivity index (χ0) is 14.0. The molecule has 0 radical (unpaired) electrons. The van der Waals surface area contributed by atoms with E-state index in [1.165, 1.54) is 12.1 Å². The van der Waals surface area contributed by atoms with Crippen LogP contribution in [0.4, 0.5) is 8.78 Å². The molecule has 7 heteroatoms. The summed E-state index contributed by atoms with van der Waals surface area (Å²) in [6.07, 6.45) is 1.06. The predicted octanol–water partition coefficient (Wildman–Crippen LogP) is 1.33. The van der Waals surface area contributed by atoms with Crippen LogP contribution in [-0.2, 0) is 4.79 Å². The molecule has 5 nitrogen and oxygen atoms in total. The number of carboxylic acids is 1. The number of rotatable bonds is 3. The summed E-state index contributed by atoms with van der Waals surface area (Å²) >= 11 is 0. The molecule has 0 saturated heterocycles. The lowest BCUT2D eigenvalue weighted by molar-refractivity contribution is -0.135. The van der Waals surface area contributed by atoms with Crippen LogP contribution >= 0.6 is 0 Å². The summed E-state index contributed by atoms with van der Waals surface area (Å²) in [6.45, 7) is -0.533. The van der Waals surface area contributed by atoms with Crippen molar-refractivity contribution in [2.24, 2.45) is 0 Å². The smallest absolute Gasteiger partial charge is 0.322 e. The Morgan fingerprint density at radius 2 is 2.05 bits per heavy atom. The lowest BCUT2D eigenvalue weighted by Crippen LogP contribution is -2.29. The topological polar surface area (TPSA) is 79.3 Å². The molecule has 2 N–H and O–H groups in total. The average Bonchev–Trinajstić information content (AvgIpc) is 2.40. The van der Waals surface area contributed by atoms with E-state index in [0.717, 1.165) is 12.3 Å².